The zero-order chi connectivity index (χ0) is 10.5. The fourth-order valence-electron chi connectivity index (χ4n) is 2.01. The number of imidazole rings is 1. The van der Waals surface area contributed by atoms with Gasteiger partial charge in [0.05, 0.1) is 16.6 Å². The molecule has 0 bridgehead atoms. The lowest BCUT2D eigenvalue weighted by atomic mass is 10.1. The Morgan fingerprint density at radius 3 is 3.13 bits per heavy atom. The summed E-state index contributed by atoms with van der Waals surface area (Å²) < 4.78 is 2.36. The molecular weight excluding hydrogens is 272 g/mol. The van der Waals surface area contributed by atoms with E-state index >= 15 is 0 Å². The van der Waals surface area contributed by atoms with E-state index in [-0.39, 0.29) is 5.54 Å². The summed E-state index contributed by atoms with van der Waals surface area (Å²) in [6.07, 6.45) is 0. The van der Waals surface area contributed by atoms with E-state index in [4.69, 9.17) is 0 Å². The van der Waals surface area contributed by atoms with E-state index in [1.165, 1.54) is 5.52 Å². The second kappa shape index (κ2) is 3.25. The lowest BCUT2D eigenvalue weighted by molar-refractivity contribution is 0.418. The molecule has 78 valence electrons. The monoisotopic (exact) mass is 282 g/mol. The van der Waals surface area contributed by atoms with Crippen LogP contribution in [0.3, 0.4) is 0 Å². The van der Waals surface area contributed by atoms with Gasteiger partial charge in [-0.25, -0.2) is 4.98 Å². The van der Waals surface area contributed by atoms with Crippen LogP contribution in [0, 0.1) is 0 Å². The van der Waals surface area contributed by atoms with E-state index in [0.717, 1.165) is 21.8 Å². The smallest absolute Gasteiger partial charge is 0.169 e. The number of para-hydroxylation sites is 2. The predicted molar refractivity (Wildman–Crippen MR) is 67.9 cm³/mol. The fraction of sp³-hybridized carbons (Fsp3) is 0.364. The molecule has 3 rings (SSSR count). The molecule has 0 spiro atoms. The average Bonchev–Trinajstić information content (AvgIpc) is 2.78. The minimum atomic E-state index is 0.163. The second-order valence-electron chi connectivity index (χ2n) is 4.14. The maximum Gasteiger partial charge on any atom is 0.169 e. The largest absolute Gasteiger partial charge is 0.311 e. The van der Waals surface area contributed by atoms with E-state index in [9.17, 15) is 0 Å². The number of hydrogen-bond donors (Lipinski definition) is 0. The Balaban J connectivity index is 2.34. The number of nitrogens with zero attached hydrogens (tertiary/aromatic N) is 2. The minimum Gasteiger partial charge on any atom is -0.311 e. The Morgan fingerprint density at radius 1 is 1.53 bits per heavy atom. The molecule has 1 atom stereocenters. The molecule has 0 saturated heterocycles. The highest BCUT2D eigenvalue weighted by molar-refractivity contribution is 9.09. The summed E-state index contributed by atoms with van der Waals surface area (Å²) in [5.74, 6) is 1.10. The molecule has 2 nitrogen and oxygen atoms in total. The number of rotatable bonds is 1. The zero-order valence-corrected chi connectivity index (χ0v) is 10.8. The molecule has 4 heteroatoms. The first-order valence-corrected chi connectivity index (χ1v) is 7.02. The first-order valence-electron chi connectivity index (χ1n) is 4.91. The molecular formula is C11H11BrN2S. The van der Waals surface area contributed by atoms with Crippen molar-refractivity contribution >= 4 is 38.7 Å². The van der Waals surface area contributed by atoms with E-state index < -0.39 is 0 Å². The van der Waals surface area contributed by atoms with Gasteiger partial charge in [0, 0.05) is 11.1 Å². The highest BCUT2D eigenvalue weighted by Gasteiger charge is 2.35. The minimum absolute atomic E-state index is 0.163. The summed E-state index contributed by atoms with van der Waals surface area (Å²) in [7, 11) is 0. The van der Waals surface area contributed by atoms with Gasteiger partial charge < -0.3 is 4.57 Å². The maximum absolute atomic E-state index is 4.64. The quantitative estimate of drug-likeness (QED) is 0.748. The van der Waals surface area contributed by atoms with Crippen molar-refractivity contribution in [2.45, 2.75) is 17.6 Å². The van der Waals surface area contributed by atoms with Gasteiger partial charge in [-0.1, -0.05) is 39.8 Å². The number of alkyl halides is 1. The van der Waals surface area contributed by atoms with Crippen LogP contribution in [-0.2, 0) is 5.54 Å². The standard InChI is InChI=1S/C11H11BrN2S/c1-11(6-12)7-15-10-13-8-4-2-3-5-9(8)14(10)11/h2-5H,6-7H2,1H3/t11-/m1/s1. The second-order valence-corrected chi connectivity index (χ2v) is 5.64. The third kappa shape index (κ3) is 1.27. The number of thioether (sulfide) groups is 1. The molecule has 0 N–H and O–H groups in total. The van der Waals surface area contributed by atoms with Crippen LogP contribution in [-0.4, -0.2) is 20.6 Å². The van der Waals surface area contributed by atoms with Crippen molar-refractivity contribution in [3.05, 3.63) is 24.3 Å². The Bertz CT molecular complexity index is 522. The van der Waals surface area contributed by atoms with E-state index in [1.54, 1.807) is 0 Å². The zero-order valence-electron chi connectivity index (χ0n) is 8.40. The van der Waals surface area contributed by atoms with Crippen LogP contribution in [0.15, 0.2) is 29.4 Å². The fourth-order valence-corrected chi connectivity index (χ4v) is 4.00. The summed E-state index contributed by atoms with van der Waals surface area (Å²) in [5.41, 5.74) is 2.52. The normalized spacial score (nSPS) is 24.7. The summed E-state index contributed by atoms with van der Waals surface area (Å²) in [4.78, 5) is 4.64. The molecule has 0 aliphatic carbocycles. The molecule has 0 amide bonds. The van der Waals surface area contributed by atoms with Crippen LogP contribution in [0.5, 0.6) is 0 Å². The molecule has 1 aromatic heterocycles. The average molecular weight is 283 g/mol. The van der Waals surface area contributed by atoms with Crippen molar-refractivity contribution in [3.63, 3.8) is 0 Å². The first-order chi connectivity index (χ1) is 7.24. The molecule has 1 aliphatic rings. The number of aromatic nitrogens is 2. The van der Waals surface area contributed by atoms with Gasteiger partial charge in [-0.05, 0) is 19.1 Å². The van der Waals surface area contributed by atoms with Crippen molar-refractivity contribution in [2.24, 2.45) is 0 Å². The van der Waals surface area contributed by atoms with Gasteiger partial charge in [-0.2, -0.15) is 0 Å². The van der Waals surface area contributed by atoms with Gasteiger partial charge in [0.1, 0.15) is 0 Å². The van der Waals surface area contributed by atoms with Crippen LogP contribution >= 0.6 is 27.7 Å². The van der Waals surface area contributed by atoms with E-state index in [0.29, 0.717) is 0 Å². The SMILES string of the molecule is C[C@@]1(CBr)CSc2nc3ccccc3n21. The summed E-state index contributed by atoms with van der Waals surface area (Å²) >= 11 is 5.46. The third-order valence-electron chi connectivity index (χ3n) is 2.87. The first kappa shape index (κ1) is 9.73. The van der Waals surface area contributed by atoms with Gasteiger partial charge in [0.15, 0.2) is 5.16 Å². The predicted octanol–water partition coefficient (Wildman–Crippen LogP) is 3.25. The number of hydrogen-bond acceptors (Lipinski definition) is 2. The van der Waals surface area contributed by atoms with Gasteiger partial charge in [-0.15, -0.1) is 0 Å². The number of benzene rings is 1. The molecule has 0 saturated carbocycles. The topological polar surface area (TPSA) is 17.8 Å². The van der Waals surface area contributed by atoms with Crippen LogP contribution in [0.1, 0.15) is 6.92 Å². The van der Waals surface area contributed by atoms with Crippen molar-refractivity contribution in [1.82, 2.24) is 9.55 Å². The Kier molecular flexibility index (Phi) is 2.11. The van der Waals surface area contributed by atoms with Crippen molar-refractivity contribution < 1.29 is 0 Å². The number of fused-ring (bicyclic) bond motifs is 3. The van der Waals surface area contributed by atoms with Crippen LogP contribution in [0.2, 0.25) is 0 Å². The summed E-state index contributed by atoms with van der Waals surface area (Å²) in [5, 5.41) is 2.12. The summed E-state index contributed by atoms with van der Waals surface area (Å²) in [6.45, 7) is 2.28. The Morgan fingerprint density at radius 2 is 2.33 bits per heavy atom. The molecule has 2 aromatic rings. The molecule has 0 fully saturated rings. The lowest BCUT2D eigenvalue weighted by Gasteiger charge is -2.23. The maximum atomic E-state index is 4.64. The van der Waals surface area contributed by atoms with Crippen molar-refractivity contribution in [1.29, 1.82) is 0 Å². The highest BCUT2D eigenvalue weighted by atomic mass is 79.9. The highest BCUT2D eigenvalue weighted by Crippen LogP contribution is 2.41. The van der Waals surface area contributed by atoms with Gasteiger partial charge >= 0.3 is 0 Å². The third-order valence-corrected chi connectivity index (χ3v) is 5.38. The molecule has 1 aliphatic heterocycles. The van der Waals surface area contributed by atoms with Crippen molar-refractivity contribution in [2.75, 3.05) is 11.1 Å². The van der Waals surface area contributed by atoms with Gasteiger partial charge in [0.25, 0.3) is 0 Å². The molecule has 0 radical (unpaired) electrons. The van der Waals surface area contributed by atoms with E-state index in [1.807, 2.05) is 17.8 Å². The Hall–Kier alpha value is -0.480. The van der Waals surface area contributed by atoms with Crippen LogP contribution in [0.4, 0.5) is 0 Å². The molecule has 1 aromatic carbocycles. The molecule has 2 heterocycles. The van der Waals surface area contributed by atoms with Crippen LogP contribution in [0.25, 0.3) is 11.0 Å². The summed E-state index contributed by atoms with van der Waals surface area (Å²) in [6, 6.07) is 8.35. The number of halogens is 1. The van der Waals surface area contributed by atoms with Gasteiger partial charge in [0.2, 0.25) is 0 Å². The van der Waals surface area contributed by atoms with Crippen molar-refractivity contribution in [3.8, 4) is 0 Å². The molecule has 15 heavy (non-hydrogen) atoms. The lowest BCUT2D eigenvalue weighted by Crippen LogP contribution is -2.30. The molecule has 0 unspecified atom stereocenters. The Labute approximate surface area is 101 Å². The van der Waals surface area contributed by atoms with Gasteiger partial charge in [-0.3, -0.25) is 0 Å². The van der Waals surface area contributed by atoms with Crippen LogP contribution < -0.4 is 0 Å². The van der Waals surface area contributed by atoms with E-state index in [2.05, 4.69) is 50.6 Å².